The molecule has 0 radical (unpaired) electrons. The van der Waals surface area contributed by atoms with Gasteiger partial charge in [0.25, 0.3) is 0 Å². The standard InChI is InChI=1S/C10H19BrO2/c1-2-5-13-9-10(8-11)3-6-12-7-4-10/h2-9H2,1H3. The highest BCUT2D eigenvalue weighted by Crippen LogP contribution is 2.32. The topological polar surface area (TPSA) is 18.5 Å². The number of hydrogen-bond acceptors (Lipinski definition) is 2. The van der Waals surface area contributed by atoms with Crippen LogP contribution in [0.5, 0.6) is 0 Å². The number of rotatable bonds is 5. The van der Waals surface area contributed by atoms with Crippen LogP contribution in [0.4, 0.5) is 0 Å². The van der Waals surface area contributed by atoms with Crippen molar-refractivity contribution < 1.29 is 9.47 Å². The molecule has 0 saturated carbocycles. The Kier molecular flexibility index (Phi) is 5.29. The maximum atomic E-state index is 5.63. The second-order valence-corrected chi connectivity index (χ2v) is 4.36. The molecule has 2 nitrogen and oxygen atoms in total. The van der Waals surface area contributed by atoms with E-state index in [9.17, 15) is 0 Å². The van der Waals surface area contributed by atoms with Crippen LogP contribution < -0.4 is 0 Å². The predicted molar refractivity (Wildman–Crippen MR) is 57.4 cm³/mol. The van der Waals surface area contributed by atoms with E-state index in [-0.39, 0.29) is 0 Å². The zero-order chi connectivity index (χ0) is 9.57. The third-order valence-electron chi connectivity index (χ3n) is 2.59. The molecular weight excluding hydrogens is 232 g/mol. The summed E-state index contributed by atoms with van der Waals surface area (Å²) in [5, 5.41) is 1.03. The monoisotopic (exact) mass is 250 g/mol. The molecule has 1 rings (SSSR count). The van der Waals surface area contributed by atoms with Crippen molar-refractivity contribution in [2.24, 2.45) is 5.41 Å². The Hall–Kier alpha value is 0.400. The largest absolute Gasteiger partial charge is 0.381 e. The highest BCUT2D eigenvalue weighted by atomic mass is 79.9. The lowest BCUT2D eigenvalue weighted by Gasteiger charge is -2.35. The average molecular weight is 251 g/mol. The Morgan fingerprint density at radius 3 is 2.62 bits per heavy atom. The lowest BCUT2D eigenvalue weighted by molar-refractivity contribution is -0.0264. The molecule has 0 spiro atoms. The van der Waals surface area contributed by atoms with Gasteiger partial charge in [0.2, 0.25) is 0 Å². The maximum Gasteiger partial charge on any atom is 0.0532 e. The van der Waals surface area contributed by atoms with Crippen molar-refractivity contribution in [3.05, 3.63) is 0 Å². The van der Waals surface area contributed by atoms with Gasteiger partial charge in [0.1, 0.15) is 0 Å². The number of ether oxygens (including phenoxy) is 2. The van der Waals surface area contributed by atoms with Crippen molar-refractivity contribution in [3.8, 4) is 0 Å². The zero-order valence-corrected chi connectivity index (χ0v) is 9.94. The number of halogens is 1. The molecular formula is C10H19BrO2. The van der Waals surface area contributed by atoms with Gasteiger partial charge in [-0.1, -0.05) is 22.9 Å². The van der Waals surface area contributed by atoms with Gasteiger partial charge in [-0.25, -0.2) is 0 Å². The molecule has 0 aromatic carbocycles. The third-order valence-corrected chi connectivity index (χ3v) is 3.78. The van der Waals surface area contributed by atoms with E-state index in [1.54, 1.807) is 0 Å². The van der Waals surface area contributed by atoms with Gasteiger partial charge >= 0.3 is 0 Å². The molecule has 1 fully saturated rings. The molecule has 0 aromatic heterocycles. The SMILES string of the molecule is CCCOCC1(CBr)CCOCC1. The fourth-order valence-corrected chi connectivity index (χ4v) is 2.28. The normalized spacial score (nSPS) is 21.7. The van der Waals surface area contributed by atoms with Gasteiger partial charge in [0.05, 0.1) is 6.61 Å². The first-order valence-electron chi connectivity index (χ1n) is 5.04. The first-order valence-corrected chi connectivity index (χ1v) is 6.16. The summed E-state index contributed by atoms with van der Waals surface area (Å²) in [6.45, 7) is 5.69. The molecule has 3 heteroatoms. The van der Waals surface area contributed by atoms with Gasteiger partial charge in [-0.3, -0.25) is 0 Å². The number of alkyl halides is 1. The molecule has 0 unspecified atom stereocenters. The summed E-state index contributed by atoms with van der Waals surface area (Å²) in [5.41, 5.74) is 0.341. The van der Waals surface area contributed by atoms with Crippen molar-refractivity contribution in [1.29, 1.82) is 0 Å². The summed E-state index contributed by atoms with van der Waals surface area (Å²) < 4.78 is 11.0. The van der Waals surface area contributed by atoms with Gasteiger partial charge in [-0.05, 0) is 19.3 Å². The van der Waals surface area contributed by atoms with Gasteiger partial charge < -0.3 is 9.47 Å². The van der Waals surface area contributed by atoms with E-state index >= 15 is 0 Å². The van der Waals surface area contributed by atoms with Crippen molar-refractivity contribution >= 4 is 15.9 Å². The smallest absolute Gasteiger partial charge is 0.0532 e. The van der Waals surface area contributed by atoms with Crippen LogP contribution in [0.2, 0.25) is 0 Å². The zero-order valence-electron chi connectivity index (χ0n) is 8.35. The first-order chi connectivity index (χ1) is 6.33. The molecule has 0 bridgehead atoms. The lowest BCUT2D eigenvalue weighted by Crippen LogP contribution is -2.35. The van der Waals surface area contributed by atoms with E-state index in [2.05, 4.69) is 22.9 Å². The minimum absolute atomic E-state index is 0.341. The predicted octanol–water partition coefficient (Wildman–Crippen LogP) is 2.60. The Labute approximate surface area is 89.1 Å². The van der Waals surface area contributed by atoms with E-state index in [0.717, 1.165) is 51.0 Å². The Bertz CT molecular complexity index is 133. The van der Waals surface area contributed by atoms with Crippen molar-refractivity contribution in [2.45, 2.75) is 26.2 Å². The molecule has 1 saturated heterocycles. The van der Waals surface area contributed by atoms with Crippen LogP contribution in [-0.2, 0) is 9.47 Å². The van der Waals surface area contributed by atoms with Gasteiger partial charge in [-0.15, -0.1) is 0 Å². The Morgan fingerprint density at radius 2 is 2.08 bits per heavy atom. The summed E-state index contributed by atoms with van der Waals surface area (Å²) in [6.07, 6.45) is 3.36. The second kappa shape index (κ2) is 5.99. The van der Waals surface area contributed by atoms with Crippen LogP contribution in [0.25, 0.3) is 0 Å². The van der Waals surface area contributed by atoms with E-state index in [1.165, 1.54) is 0 Å². The van der Waals surface area contributed by atoms with Crippen LogP contribution >= 0.6 is 15.9 Å². The minimum Gasteiger partial charge on any atom is -0.381 e. The maximum absolute atomic E-state index is 5.63. The Balaban J connectivity index is 2.29. The van der Waals surface area contributed by atoms with E-state index in [4.69, 9.17) is 9.47 Å². The molecule has 0 aromatic rings. The fraction of sp³-hybridized carbons (Fsp3) is 1.00. The lowest BCUT2D eigenvalue weighted by atomic mass is 9.83. The summed E-state index contributed by atoms with van der Waals surface area (Å²) in [4.78, 5) is 0. The number of hydrogen-bond donors (Lipinski definition) is 0. The van der Waals surface area contributed by atoms with Crippen molar-refractivity contribution in [1.82, 2.24) is 0 Å². The average Bonchev–Trinajstić information content (AvgIpc) is 2.20. The van der Waals surface area contributed by atoms with E-state index in [0.29, 0.717) is 5.41 Å². The van der Waals surface area contributed by atoms with Crippen molar-refractivity contribution in [2.75, 3.05) is 31.8 Å². The molecule has 1 aliphatic rings. The third kappa shape index (κ3) is 3.56. The summed E-state index contributed by atoms with van der Waals surface area (Å²) >= 11 is 3.58. The minimum atomic E-state index is 0.341. The van der Waals surface area contributed by atoms with E-state index in [1.807, 2.05) is 0 Å². The molecule has 0 atom stereocenters. The van der Waals surface area contributed by atoms with E-state index < -0.39 is 0 Å². The van der Waals surface area contributed by atoms with Crippen LogP contribution in [0.1, 0.15) is 26.2 Å². The van der Waals surface area contributed by atoms with Crippen LogP contribution in [0, 0.1) is 5.41 Å². The molecule has 0 aliphatic carbocycles. The van der Waals surface area contributed by atoms with Crippen LogP contribution in [-0.4, -0.2) is 31.8 Å². The molecule has 1 heterocycles. The first kappa shape index (κ1) is 11.5. The van der Waals surface area contributed by atoms with Crippen LogP contribution in [0.3, 0.4) is 0 Å². The second-order valence-electron chi connectivity index (χ2n) is 3.80. The highest BCUT2D eigenvalue weighted by molar-refractivity contribution is 9.09. The highest BCUT2D eigenvalue weighted by Gasteiger charge is 2.31. The summed E-state index contributed by atoms with van der Waals surface area (Å²) in [7, 11) is 0. The molecule has 1 aliphatic heterocycles. The molecule has 13 heavy (non-hydrogen) atoms. The Morgan fingerprint density at radius 1 is 1.38 bits per heavy atom. The quantitative estimate of drug-likeness (QED) is 0.552. The summed E-state index contributed by atoms with van der Waals surface area (Å²) in [6, 6.07) is 0. The van der Waals surface area contributed by atoms with Gasteiger partial charge in [-0.2, -0.15) is 0 Å². The van der Waals surface area contributed by atoms with Crippen molar-refractivity contribution in [3.63, 3.8) is 0 Å². The summed E-state index contributed by atoms with van der Waals surface area (Å²) in [5.74, 6) is 0. The molecule has 78 valence electrons. The van der Waals surface area contributed by atoms with Crippen LogP contribution in [0.15, 0.2) is 0 Å². The van der Waals surface area contributed by atoms with Gasteiger partial charge in [0.15, 0.2) is 0 Å². The molecule has 0 amide bonds. The molecule has 0 N–H and O–H groups in total. The fourth-order valence-electron chi connectivity index (χ4n) is 1.55. The van der Waals surface area contributed by atoms with Gasteiger partial charge in [0, 0.05) is 30.6 Å².